The van der Waals surface area contributed by atoms with Gasteiger partial charge in [0.1, 0.15) is 0 Å². The van der Waals surface area contributed by atoms with Crippen LogP contribution in [0.4, 0.5) is 8.78 Å². The number of benzene rings is 2. The number of aromatic nitrogens is 2. The molecular formula is C22H19F2N3O4. The van der Waals surface area contributed by atoms with Gasteiger partial charge in [0, 0.05) is 23.2 Å². The number of ether oxygens (including phenoxy) is 2. The molecule has 0 spiro atoms. The Balaban J connectivity index is 1.52. The van der Waals surface area contributed by atoms with Gasteiger partial charge in [0.25, 0.3) is 11.5 Å². The number of carbonyl (C=O) groups is 1. The molecule has 1 aliphatic heterocycles. The summed E-state index contributed by atoms with van der Waals surface area (Å²) in [6, 6.07) is 10.6. The van der Waals surface area contributed by atoms with Crippen LogP contribution in [0.5, 0.6) is 11.5 Å². The van der Waals surface area contributed by atoms with Crippen LogP contribution in [0.25, 0.3) is 11.3 Å². The van der Waals surface area contributed by atoms with Crippen molar-refractivity contribution in [1.29, 1.82) is 0 Å². The summed E-state index contributed by atoms with van der Waals surface area (Å²) in [7, 11) is 0. The minimum Gasteiger partial charge on any atom is -0.454 e. The third kappa shape index (κ3) is 4.40. The Hall–Kier alpha value is -3.75. The maximum absolute atomic E-state index is 13.6. The van der Waals surface area contributed by atoms with E-state index in [-0.39, 0.29) is 30.8 Å². The zero-order chi connectivity index (χ0) is 22.0. The third-order valence-electron chi connectivity index (χ3n) is 4.94. The number of hydrogen-bond acceptors (Lipinski definition) is 5. The quantitative estimate of drug-likeness (QED) is 0.654. The first-order valence-corrected chi connectivity index (χ1v) is 9.68. The molecule has 0 unspecified atom stereocenters. The summed E-state index contributed by atoms with van der Waals surface area (Å²) in [6.45, 7) is 2.10. The molecule has 0 saturated heterocycles. The number of fused-ring (bicyclic) bond motifs is 1. The van der Waals surface area contributed by atoms with E-state index in [1.807, 2.05) is 6.92 Å². The minimum absolute atomic E-state index is 0.112. The first-order chi connectivity index (χ1) is 14.9. The van der Waals surface area contributed by atoms with Crippen LogP contribution in [0, 0.1) is 11.6 Å². The number of hydrogen-bond donors (Lipinski definition) is 1. The van der Waals surface area contributed by atoms with Crippen molar-refractivity contribution >= 4 is 5.91 Å². The highest BCUT2D eigenvalue weighted by Crippen LogP contribution is 2.32. The Kier molecular flexibility index (Phi) is 5.66. The van der Waals surface area contributed by atoms with Crippen LogP contribution in [0.3, 0.4) is 0 Å². The molecule has 0 bridgehead atoms. The van der Waals surface area contributed by atoms with E-state index in [1.165, 1.54) is 22.9 Å². The van der Waals surface area contributed by atoms with Crippen molar-refractivity contribution in [3.05, 3.63) is 76.1 Å². The number of nitrogens with one attached hydrogen (secondary N) is 1. The van der Waals surface area contributed by atoms with Gasteiger partial charge in [-0.3, -0.25) is 9.59 Å². The van der Waals surface area contributed by atoms with Gasteiger partial charge >= 0.3 is 0 Å². The van der Waals surface area contributed by atoms with E-state index in [4.69, 9.17) is 9.47 Å². The number of halogens is 2. The van der Waals surface area contributed by atoms with Gasteiger partial charge in [-0.05, 0) is 48.9 Å². The smallest absolute Gasteiger partial charge is 0.266 e. The monoisotopic (exact) mass is 427 g/mol. The number of rotatable bonds is 6. The molecule has 1 aliphatic rings. The third-order valence-corrected chi connectivity index (χ3v) is 4.94. The second kappa shape index (κ2) is 8.55. The van der Waals surface area contributed by atoms with Gasteiger partial charge in [0.05, 0.1) is 12.2 Å². The lowest BCUT2D eigenvalue weighted by molar-refractivity contribution is 0.0930. The molecule has 1 aromatic heterocycles. The van der Waals surface area contributed by atoms with Gasteiger partial charge in [-0.25, -0.2) is 13.5 Å². The van der Waals surface area contributed by atoms with Crippen molar-refractivity contribution in [2.24, 2.45) is 0 Å². The maximum atomic E-state index is 13.6. The predicted octanol–water partition coefficient (Wildman–Crippen LogP) is 3.13. The molecule has 3 aromatic rings. The molecule has 1 N–H and O–H groups in total. The zero-order valence-electron chi connectivity index (χ0n) is 16.6. The fourth-order valence-electron chi connectivity index (χ4n) is 3.18. The van der Waals surface area contributed by atoms with Crippen molar-refractivity contribution in [2.45, 2.75) is 25.9 Å². The van der Waals surface area contributed by atoms with E-state index in [2.05, 4.69) is 10.4 Å². The van der Waals surface area contributed by atoms with E-state index in [0.717, 1.165) is 12.1 Å². The molecule has 0 fully saturated rings. The Morgan fingerprint density at radius 3 is 2.68 bits per heavy atom. The Labute approximate surface area is 176 Å². The summed E-state index contributed by atoms with van der Waals surface area (Å²) >= 11 is 0. The molecule has 0 aliphatic carbocycles. The van der Waals surface area contributed by atoms with Crippen LogP contribution >= 0.6 is 0 Å². The molecule has 1 amide bonds. The van der Waals surface area contributed by atoms with E-state index in [0.29, 0.717) is 34.7 Å². The fraction of sp³-hybridized carbons (Fsp3) is 0.227. The summed E-state index contributed by atoms with van der Waals surface area (Å²) in [4.78, 5) is 24.9. The fourth-order valence-corrected chi connectivity index (χ4v) is 3.18. The SMILES string of the molecule is CC[C@H](Cn1nc(-c2ccc(F)c(F)c2)ccc1=O)NC(=O)c1ccc2c(c1)OCO2. The van der Waals surface area contributed by atoms with E-state index in [9.17, 15) is 18.4 Å². The summed E-state index contributed by atoms with van der Waals surface area (Å²) < 4.78 is 38.5. The Morgan fingerprint density at radius 1 is 1.10 bits per heavy atom. The molecule has 160 valence electrons. The Morgan fingerprint density at radius 2 is 1.90 bits per heavy atom. The lowest BCUT2D eigenvalue weighted by Crippen LogP contribution is -2.40. The minimum atomic E-state index is -1.00. The molecule has 2 heterocycles. The molecule has 1 atom stereocenters. The van der Waals surface area contributed by atoms with Crippen LogP contribution in [-0.2, 0) is 6.54 Å². The van der Waals surface area contributed by atoms with Crippen LogP contribution in [-0.4, -0.2) is 28.5 Å². The molecule has 2 aromatic carbocycles. The van der Waals surface area contributed by atoms with Gasteiger partial charge < -0.3 is 14.8 Å². The molecular weight excluding hydrogens is 408 g/mol. The van der Waals surface area contributed by atoms with Crippen molar-refractivity contribution in [3.8, 4) is 22.8 Å². The maximum Gasteiger partial charge on any atom is 0.266 e. The zero-order valence-corrected chi connectivity index (χ0v) is 16.6. The number of amides is 1. The van der Waals surface area contributed by atoms with Crippen LogP contribution < -0.4 is 20.3 Å². The van der Waals surface area contributed by atoms with E-state index in [1.54, 1.807) is 18.2 Å². The second-order valence-corrected chi connectivity index (χ2v) is 7.01. The second-order valence-electron chi connectivity index (χ2n) is 7.01. The van der Waals surface area contributed by atoms with Crippen molar-refractivity contribution < 1.29 is 23.0 Å². The van der Waals surface area contributed by atoms with Crippen molar-refractivity contribution in [3.63, 3.8) is 0 Å². The largest absolute Gasteiger partial charge is 0.454 e. The van der Waals surface area contributed by atoms with Crippen molar-refractivity contribution in [2.75, 3.05) is 6.79 Å². The highest BCUT2D eigenvalue weighted by atomic mass is 19.2. The van der Waals surface area contributed by atoms with Crippen LogP contribution in [0.2, 0.25) is 0 Å². The topological polar surface area (TPSA) is 82.5 Å². The molecule has 9 heteroatoms. The van der Waals surface area contributed by atoms with Gasteiger partial charge in [0.2, 0.25) is 6.79 Å². The van der Waals surface area contributed by atoms with Gasteiger partial charge in [-0.15, -0.1) is 0 Å². The van der Waals surface area contributed by atoms with Crippen molar-refractivity contribution in [1.82, 2.24) is 15.1 Å². The highest BCUT2D eigenvalue weighted by molar-refractivity contribution is 5.95. The molecule has 7 nitrogen and oxygen atoms in total. The molecule has 31 heavy (non-hydrogen) atoms. The first-order valence-electron chi connectivity index (χ1n) is 9.68. The average Bonchev–Trinajstić information content (AvgIpc) is 3.24. The summed E-state index contributed by atoms with van der Waals surface area (Å²) in [5.41, 5.74) is 0.682. The van der Waals surface area contributed by atoms with Gasteiger partial charge in [-0.1, -0.05) is 6.92 Å². The predicted molar refractivity (Wildman–Crippen MR) is 108 cm³/mol. The number of nitrogens with zero attached hydrogens (tertiary/aromatic N) is 2. The molecule has 0 radical (unpaired) electrons. The summed E-state index contributed by atoms with van der Waals surface area (Å²) in [5, 5.41) is 7.14. The van der Waals surface area contributed by atoms with Gasteiger partial charge in [-0.2, -0.15) is 5.10 Å². The average molecular weight is 427 g/mol. The van der Waals surface area contributed by atoms with Gasteiger partial charge in [0.15, 0.2) is 23.1 Å². The standard InChI is InChI=1S/C22H19F2N3O4/c1-2-15(25-22(29)14-4-7-19-20(10-14)31-12-30-19)11-27-21(28)8-6-18(26-27)13-3-5-16(23)17(24)9-13/h3-10,15H,2,11-12H2,1H3,(H,25,29)/t15-/m1/s1. The number of carbonyl (C=O) groups excluding carboxylic acids is 1. The lowest BCUT2D eigenvalue weighted by Gasteiger charge is -2.18. The Bertz CT molecular complexity index is 1200. The highest BCUT2D eigenvalue weighted by Gasteiger charge is 2.19. The van der Waals surface area contributed by atoms with E-state index >= 15 is 0 Å². The van der Waals surface area contributed by atoms with E-state index < -0.39 is 11.6 Å². The molecule has 4 rings (SSSR count). The summed E-state index contributed by atoms with van der Waals surface area (Å²) in [5.74, 6) is -1.21. The van der Waals surface area contributed by atoms with Crippen LogP contribution in [0.1, 0.15) is 23.7 Å². The molecule has 0 saturated carbocycles. The lowest BCUT2D eigenvalue weighted by atomic mass is 10.1. The summed E-state index contributed by atoms with van der Waals surface area (Å²) in [6.07, 6.45) is 0.541. The first kappa shape index (κ1) is 20.5. The normalized spacial score (nSPS) is 13.1. The van der Waals surface area contributed by atoms with Crippen LogP contribution in [0.15, 0.2) is 53.3 Å².